The number of imidazole rings is 1. The van der Waals surface area contributed by atoms with Gasteiger partial charge < -0.3 is 19.5 Å². The molecule has 7 nitrogen and oxygen atoms in total. The van der Waals surface area contributed by atoms with Crippen molar-refractivity contribution in [3.63, 3.8) is 0 Å². The van der Waals surface area contributed by atoms with Crippen molar-refractivity contribution in [2.45, 2.75) is 0 Å². The average molecular weight is 345 g/mol. The molecule has 1 aliphatic heterocycles. The number of aromatic nitrogens is 4. The van der Waals surface area contributed by atoms with E-state index in [9.17, 15) is 0 Å². The molecule has 1 saturated heterocycles. The third-order valence-corrected chi connectivity index (χ3v) is 4.43. The van der Waals surface area contributed by atoms with Crippen LogP contribution >= 0.6 is 11.6 Å². The van der Waals surface area contributed by atoms with E-state index in [4.69, 9.17) is 16.3 Å². The molecular formula is C16H17ClN6O. The number of nitrogens with one attached hydrogen (secondary N) is 1. The van der Waals surface area contributed by atoms with E-state index in [2.05, 4.69) is 41.9 Å². The molecular weight excluding hydrogens is 328 g/mol. The summed E-state index contributed by atoms with van der Waals surface area (Å²) in [6, 6.07) is 8.15. The van der Waals surface area contributed by atoms with Gasteiger partial charge >= 0.3 is 0 Å². The van der Waals surface area contributed by atoms with Crippen LogP contribution in [0.25, 0.3) is 11.2 Å². The van der Waals surface area contributed by atoms with Crippen LogP contribution in [0.15, 0.2) is 30.6 Å². The SMILES string of the molecule is COc1ccc(N2CCN(c3nc(Cl)nc4nc[nH]c34)CC2)cc1. The molecule has 0 aliphatic carbocycles. The first-order valence-corrected chi connectivity index (χ1v) is 8.13. The third kappa shape index (κ3) is 2.71. The summed E-state index contributed by atoms with van der Waals surface area (Å²) >= 11 is 6.03. The number of hydrogen-bond donors (Lipinski definition) is 1. The zero-order chi connectivity index (χ0) is 16.5. The quantitative estimate of drug-likeness (QED) is 0.735. The molecule has 124 valence electrons. The van der Waals surface area contributed by atoms with Crippen LogP contribution in [0.2, 0.25) is 5.28 Å². The maximum atomic E-state index is 6.03. The third-order valence-electron chi connectivity index (χ3n) is 4.26. The number of aromatic amines is 1. The highest BCUT2D eigenvalue weighted by atomic mass is 35.5. The topological polar surface area (TPSA) is 70.2 Å². The van der Waals surface area contributed by atoms with Gasteiger partial charge in [-0.1, -0.05) is 0 Å². The van der Waals surface area contributed by atoms with Crippen LogP contribution in [0, 0.1) is 0 Å². The standard InChI is InChI=1S/C16H17ClN6O/c1-24-12-4-2-11(3-5-12)22-6-8-23(9-7-22)15-13-14(19-10-18-13)20-16(17)21-15/h2-5,10H,6-9H2,1H3,(H,18,19,20,21). The number of anilines is 2. The van der Waals surface area contributed by atoms with Crippen molar-refractivity contribution in [1.29, 1.82) is 0 Å². The molecule has 0 bridgehead atoms. The van der Waals surface area contributed by atoms with Gasteiger partial charge in [0.1, 0.15) is 11.3 Å². The Kier molecular flexibility index (Phi) is 3.86. The molecule has 2 aromatic heterocycles. The fraction of sp³-hybridized carbons (Fsp3) is 0.312. The maximum Gasteiger partial charge on any atom is 0.226 e. The van der Waals surface area contributed by atoms with Crippen LogP contribution < -0.4 is 14.5 Å². The van der Waals surface area contributed by atoms with Crippen molar-refractivity contribution in [2.75, 3.05) is 43.1 Å². The molecule has 8 heteroatoms. The van der Waals surface area contributed by atoms with Gasteiger partial charge in [0.25, 0.3) is 0 Å². The second kappa shape index (κ2) is 6.16. The molecule has 0 unspecified atom stereocenters. The molecule has 0 atom stereocenters. The van der Waals surface area contributed by atoms with Crippen molar-refractivity contribution in [1.82, 2.24) is 19.9 Å². The molecule has 0 amide bonds. The minimum Gasteiger partial charge on any atom is -0.497 e. The molecule has 1 aliphatic rings. The van der Waals surface area contributed by atoms with Crippen molar-refractivity contribution in [3.05, 3.63) is 35.9 Å². The summed E-state index contributed by atoms with van der Waals surface area (Å²) in [6.07, 6.45) is 1.62. The highest BCUT2D eigenvalue weighted by molar-refractivity contribution is 6.28. The van der Waals surface area contributed by atoms with Gasteiger partial charge in [0.05, 0.1) is 13.4 Å². The number of H-pyrrole nitrogens is 1. The summed E-state index contributed by atoms with van der Waals surface area (Å²) in [6.45, 7) is 3.52. The smallest absolute Gasteiger partial charge is 0.226 e. The molecule has 24 heavy (non-hydrogen) atoms. The lowest BCUT2D eigenvalue weighted by Gasteiger charge is -2.36. The highest BCUT2D eigenvalue weighted by Crippen LogP contribution is 2.26. The molecule has 1 N–H and O–H groups in total. The van der Waals surface area contributed by atoms with E-state index in [1.807, 2.05) is 12.1 Å². The van der Waals surface area contributed by atoms with Gasteiger partial charge in [-0.15, -0.1) is 0 Å². The summed E-state index contributed by atoms with van der Waals surface area (Å²) < 4.78 is 5.21. The lowest BCUT2D eigenvalue weighted by molar-refractivity contribution is 0.415. The molecule has 3 heterocycles. The van der Waals surface area contributed by atoms with E-state index < -0.39 is 0 Å². The van der Waals surface area contributed by atoms with Crippen LogP contribution in [-0.2, 0) is 0 Å². The first kappa shape index (κ1) is 15.0. The average Bonchev–Trinajstić information content (AvgIpc) is 3.09. The first-order chi connectivity index (χ1) is 11.7. The number of methoxy groups -OCH3 is 1. The summed E-state index contributed by atoms with van der Waals surface area (Å²) in [5.41, 5.74) is 2.63. The number of nitrogens with zero attached hydrogens (tertiary/aromatic N) is 5. The number of piperazine rings is 1. The van der Waals surface area contributed by atoms with Gasteiger partial charge in [-0.25, -0.2) is 4.98 Å². The van der Waals surface area contributed by atoms with Crippen molar-refractivity contribution in [2.24, 2.45) is 0 Å². The van der Waals surface area contributed by atoms with Crippen LogP contribution in [0.3, 0.4) is 0 Å². The van der Waals surface area contributed by atoms with Gasteiger partial charge in [-0.2, -0.15) is 9.97 Å². The molecule has 0 saturated carbocycles. The lowest BCUT2D eigenvalue weighted by Crippen LogP contribution is -2.47. The molecule has 3 aromatic rings. The van der Waals surface area contributed by atoms with E-state index in [1.165, 1.54) is 5.69 Å². The fourth-order valence-electron chi connectivity index (χ4n) is 2.99. The van der Waals surface area contributed by atoms with Gasteiger partial charge in [-0.05, 0) is 35.9 Å². The van der Waals surface area contributed by atoms with E-state index >= 15 is 0 Å². The summed E-state index contributed by atoms with van der Waals surface area (Å²) in [5.74, 6) is 1.69. The number of ether oxygens (including phenoxy) is 1. The van der Waals surface area contributed by atoms with Gasteiger partial charge in [-0.3, -0.25) is 0 Å². The van der Waals surface area contributed by atoms with Crippen molar-refractivity contribution in [3.8, 4) is 5.75 Å². The predicted octanol–water partition coefficient (Wildman–Crippen LogP) is 2.34. The normalized spacial score (nSPS) is 15.1. The van der Waals surface area contributed by atoms with E-state index in [0.29, 0.717) is 5.65 Å². The molecule has 1 aromatic carbocycles. The van der Waals surface area contributed by atoms with E-state index in [0.717, 1.165) is 43.3 Å². The van der Waals surface area contributed by atoms with Crippen LogP contribution in [0.1, 0.15) is 0 Å². The summed E-state index contributed by atoms with van der Waals surface area (Å²) in [4.78, 5) is 20.4. The molecule has 1 fully saturated rings. The van der Waals surface area contributed by atoms with Gasteiger partial charge in [0, 0.05) is 31.9 Å². The van der Waals surface area contributed by atoms with Gasteiger partial charge in [0.2, 0.25) is 5.28 Å². The Balaban J connectivity index is 1.51. The molecule has 0 spiro atoms. The zero-order valence-electron chi connectivity index (χ0n) is 13.2. The second-order valence-corrected chi connectivity index (χ2v) is 5.93. The van der Waals surface area contributed by atoms with E-state index in [-0.39, 0.29) is 5.28 Å². The number of benzene rings is 1. The number of halogens is 1. The van der Waals surface area contributed by atoms with Crippen molar-refractivity contribution >= 4 is 34.3 Å². The van der Waals surface area contributed by atoms with Crippen LogP contribution in [0.4, 0.5) is 11.5 Å². The zero-order valence-corrected chi connectivity index (χ0v) is 14.0. The Labute approximate surface area is 144 Å². The van der Waals surface area contributed by atoms with Crippen molar-refractivity contribution < 1.29 is 4.74 Å². The Bertz CT molecular complexity index is 841. The van der Waals surface area contributed by atoms with E-state index in [1.54, 1.807) is 13.4 Å². The summed E-state index contributed by atoms with van der Waals surface area (Å²) in [7, 11) is 1.68. The van der Waals surface area contributed by atoms with Crippen LogP contribution in [0.5, 0.6) is 5.75 Å². The Morgan fingerprint density at radius 2 is 1.75 bits per heavy atom. The largest absolute Gasteiger partial charge is 0.497 e. The highest BCUT2D eigenvalue weighted by Gasteiger charge is 2.21. The summed E-state index contributed by atoms with van der Waals surface area (Å²) in [5, 5.41) is 0.224. The number of hydrogen-bond acceptors (Lipinski definition) is 6. The van der Waals surface area contributed by atoms with Gasteiger partial charge in [0.15, 0.2) is 11.5 Å². The Morgan fingerprint density at radius 3 is 2.46 bits per heavy atom. The second-order valence-electron chi connectivity index (χ2n) is 5.59. The minimum absolute atomic E-state index is 0.224. The Morgan fingerprint density at radius 1 is 1.04 bits per heavy atom. The predicted molar refractivity (Wildman–Crippen MR) is 94.1 cm³/mol. The Hall–Kier alpha value is -2.54. The molecule has 4 rings (SSSR count). The number of rotatable bonds is 3. The maximum absolute atomic E-state index is 6.03. The molecule has 0 radical (unpaired) electrons. The van der Waals surface area contributed by atoms with Crippen LogP contribution in [-0.4, -0.2) is 53.2 Å². The minimum atomic E-state index is 0.224. The lowest BCUT2D eigenvalue weighted by atomic mass is 10.2. The monoisotopic (exact) mass is 344 g/mol. The fourth-order valence-corrected chi connectivity index (χ4v) is 3.15. The number of fused-ring (bicyclic) bond motifs is 1. The first-order valence-electron chi connectivity index (χ1n) is 7.75.